The van der Waals surface area contributed by atoms with Crippen LogP contribution in [0.1, 0.15) is 26.3 Å². The third-order valence-electron chi connectivity index (χ3n) is 2.55. The van der Waals surface area contributed by atoms with Gasteiger partial charge in [-0.25, -0.2) is 8.42 Å². The number of ether oxygens (including phenoxy) is 2. The maximum atomic E-state index is 11.7. The fourth-order valence-corrected chi connectivity index (χ4v) is 2.97. The Kier molecular flexibility index (Phi) is 4.18. The standard InChI is InChI=1S/C12H17ClO4S/c1-12(2,3)8-6-7-9(16-4)11(10(8)17-5)18(13,14)15/h6-7H,1-5H3. The van der Waals surface area contributed by atoms with E-state index in [0.717, 1.165) is 5.56 Å². The van der Waals surface area contributed by atoms with Crippen molar-refractivity contribution in [3.8, 4) is 11.5 Å². The van der Waals surface area contributed by atoms with E-state index >= 15 is 0 Å². The highest BCUT2D eigenvalue weighted by molar-refractivity contribution is 8.14. The zero-order chi connectivity index (χ0) is 14.1. The van der Waals surface area contributed by atoms with E-state index in [4.69, 9.17) is 20.2 Å². The van der Waals surface area contributed by atoms with Gasteiger partial charge in [0.25, 0.3) is 9.05 Å². The first-order chi connectivity index (χ1) is 8.12. The summed E-state index contributed by atoms with van der Waals surface area (Å²) in [5.74, 6) is 0.409. The Hall–Kier alpha value is -0.940. The molecular formula is C12H17ClO4S. The molecule has 0 N–H and O–H groups in total. The summed E-state index contributed by atoms with van der Waals surface area (Å²) in [6.07, 6.45) is 0. The van der Waals surface area contributed by atoms with Crippen molar-refractivity contribution in [1.29, 1.82) is 0 Å². The third kappa shape index (κ3) is 2.90. The fraction of sp³-hybridized carbons (Fsp3) is 0.500. The molecule has 0 amide bonds. The average molecular weight is 293 g/mol. The van der Waals surface area contributed by atoms with E-state index in [1.54, 1.807) is 12.1 Å². The van der Waals surface area contributed by atoms with Crippen molar-refractivity contribution in [2.45, 2.75) is 31.1 Å². The van der Waals surface area contributed by atoms with Gasteiger partial charge >= 0.3 is 0 Å². The molecule has 102 valence electrons. The normalized spacial score (nSPS) is 12.3. The Morgan fingerprint density at radius 1 is 1.11 bits per heavy atom. The van der Waals surface area contributed by atoms with Crippen LogP contribution in [0.3, 0.4) is 0 Å². The van der Waals surface area contributed by atoms with Crippen LogP contribution in [0.4, 0.5) is 0 Å². The van der Waals surface area contributed by atoms with Crippen LogP contribution in [0, 0.1) is 0 Å². The second-order valence-corrected chi connectivity index (χ2v) is 7.37. The van der Waals surface area contributed by atoms with E-state index in [1.165, 1.54) is 14.2 Å². The molecule has 0 radical (unpaired) electrons. The van der Waals surface area contributed by atoms with Gasteiger partial charge in [0.05, 0.1) is 14.2 Å². The molecule has 1 aromatic rings. The molecule has 0 spiro atoms. The summed E-state index contributed by atoms with van der Waals surface area (Å²) in [7, 11) is 4.31. The molecule has 4 nitrogen and oxygen atoms in total. The number of halogens is 1. The van der Waals surface area contributed by atoms with Crippen LogP contribution in [0.15, 0.2) is 17.0 Å². The summed E-state index contributed by atoms with van der Waals surface area (Å²) >= 11 is 0. The second-order valence-electron chi connectivity index (χ2n) is 4.87. The number of methoxy groups -OCH3 is 2. The fourth-order valence-electron chi connectivity index (χ4n) is 1.73. The van der Waals surface area contributed by atoms with Gasteiger partial charge < -0.3 is 9.47 Å². The van der Waals surface area contributed by atoms with Gasteiger partial charge in [0, 0.05) is 16.2 Å². The van der Waals surface area contributed by atoms with E-state index in [1.807, 2.05) is 20.8 Å². The number of hydrogen-bond acceptors (Lipinski definition) is 4. The van der Waals surface area contributed by atoms with Crippen molar-refractivity contribution in [3.05, 3.63) is 17.7 Å². The molecule has 6 heteroatoms. The Morgan fingerprint density at radius 2 is 1.67 bits per heavy atom. The summed E-state index contributed by atoms with van der Waals surface area (Å²) in [5.41, 5.74) is 0.485. The zero-order valence-electron chi connectivity index (χ0n) is 11.1. The van der Waals surface area contributed by atoms with Gasteiger partial charge in [-0.2, -0.15) is 0 Å². The number of benzene rings is 1. The smallest absolute Gasteiger partial charge is 0.268 e. The highest BCUT2D eigenvalue weighted by Gasteiger charge is 2.29. The molecule has 0 saturated heterocycles. The summed E-state index contributed by atoms with van der Waals surface area (Å²) in [6, 6.07) is 3.36. The second kappa shape index (κ2) is 4.97. The van der Waals surface area contributed by atoms with Gasteiger partial charge in [0.2, 0.25) is 0 Å². The van der Waals surface area contributed by atoms with Crippen molar-refractivity contribution >= 4 is 19.7 Å². The van der Waals surface area contributed by atoms with Gasteiger partial charge in [-0.1, -0.05) is 26.8 Å². The predicted molar refractivity (Wildman–Crippen MR) is 71.3 cm³/mol. The van der Waals surface area contributed by atoms with Crippen molar-refractivity contribution in [2.24, 2.45) is 0 Å². The monoisotopic (exact) mass is 292 g/mol. The maximum Gasteiger partial charge on any atom is 0.268 e. The molecule has 1 aromatic carbocycles. The first-order valence-corrected chi connectivity index (χ1v) is 7.64. The Morgan fingerprint density at radius 3 is 2.00 bits per heavy atom. The summed E-state index contributed by atoms with van der Waals surface area (Å²) in [5, 5.41) is 0. The molecule has 0 heterocycles. The van der Waals surface area contributed by atoms with Gasteiger partial charge in [-0.05, 0) is 11.5 Å². The molecule has 0 aliphatic carbocycles. The van der Waals surface area contributed by atoms with E-state index in [2.05, 4.69) is 0 Å². The molecule has 0 fully saturated rings. The van der Waals surface area contributed by atoms with E-state index in [9.17, 15) is 8.42 Å². The first-order valence-electron chi connectivity index (χ1n) is 5.33. The van der Waals surface area contributed by atoms with Gasteiger partial charge in [-0.15, -0.1) is 0 Å². The minimum atomic E-state index is -3.95. The lowest BCUT2D eigenvalue weighted by Gasteiger charge is -2.24. The maximum absolute atomic E-state index is 11.7. The Bertz CT molecular complexity index is 544. The van der Waals surface area contributed by atoms with Crippen LogP contribution in [0.25, 0.3) is 0 Å². The lowest BCUT2D eigenvalue weighted by Crippen LogP contribution is -2.15. The minimum Gasteiger partial charge on any atom is -0.495 e. The quantitative estimate of drug-likeness (QED) is 0.804. The minimum absolute atomic E-state index is 0.124. The highest BCUT2D eigenvalue weighted by Crippen LogP contribution is 2.42. The molecule has 0 atom stereocenters. The Labute approximate surface area is 112 Å². The molecule has 0 aromatic heterocycles. The lowest BCUT2D eigenvalue weighted by atomic mass is 9.86. The van der Waals surface area contributed by atoms with Crippen molar-refractivity contribution in [1.82, 2.24) is 0 Å². The van der Waals surface area contributed by atoms with Crippen LogP contribution in [0.2, 0.25) is 0 Å². The molecule has 1 rings (SSSR count). The SMILES string of the molecule is COc1ccc(C(C)(C)C)c(OC)c1S(=O)(=O)Cl. The van der Waals surface area contributed by atoms with Gasteiger partial charge in [0.15, 0.2) is 4.90 Å². The highest BCUT2D eigenvalue weighted by atomic mass is 35.7. The van der Waals surface area contributed by atoms with Crippen LogP contribution in [-0.4, -0.2) is 22.6 Å². The van der Waals surface area contributed by atoms with E-state index in [0.29, 0.717) is 0 Å². The number of hydrogen-bond donors (Lipinski definition) is 0. The Balaban J connectivity index is 3.75. The summed E-state index contributed by atoms with van der Waals surface area (Å²) in [6.45, 7) is 5.88. The molecule has 0 unspecified atom stereocenters. The molecule has 0 aliphatic rings. The predicted octanol–water partition coefficient (Wildman–Crippen LogP) is 2.93. The van der Waals surface area contributed by atoms with Crippen molar-refractivity contribution in [2.75, 3.05) is 14.2 Å². The van der Waals surface area contributed by atoms with Crippen LogP contribution in [0.5, 0.6) is 11.5 Å². The van der Waals surface area contributed by atoms with Crippen molar-refractivity contribution < 1.29 is 17.9 Å². The first kappa shape index (κ1) is 15.1. The van der Waals surface area contributed by atoms with Crippen LogP contribution < -0.4 is 9.47 Å². The summed E-state index contributed by atoms with van der Waals surface area (Å²) < 4.78 is 33.6. The number of rotatable bonds is 3. The third-order valence-corrected chi connectivity index (χ3v) is 3.89. The molecule has 18 heavy (non-hydrogen) atoms. The molecule has 0 aliphatic heterocycles. The lowest BCUT2D eigenvalue weighted by molar-refractivity contribution is 0.363. The largest absolute Gasteiger partial charge is 0.495 e. The van der Waals surface area contributed by atoms with Crippen molar-refractivity contribution in [3.63, 3.8) is 0 Å². The van der Waals surface area contributed by atoms with Gasteiger partial charge in [-0.3, -0.25) is 0 Å². The van der Waals surface area contributed by atoms with Crippen LogP contribution in [-0.2, 0) is 14.5 Å². The molecule has 0 saturated carbocycles. The average Bonchev–Trinajstić information content (AvgIpc) is 2.24. The summed E-state index contributed by atoms with van der Waals surface area (Å²) in [4.78, 5) is -0.124. The zero-order valence-corrected chi connectivity index (χ0v) is 12.6. The molecular weight excluding hydrogens is 276 g/mol. The van der Waals surface area contributed by atoms with Crippen LogP contribution >= 0.6 is 10.7 Å². The van der Waals surface area contributed by atoms with E-state index < -0.39 is 9.05 Å². The van der Waals surface area contributed by atoms with Gasteiger partial charge in [0.1, 0.15) is 11.5 Å². The van der Waals surface area contributed by atoms with E-state index in [-0.39, 0.29) is 21.8 Å². The topological polar surface area (TPSA) is 52.6 Å². The molecule has 0 bridgehead atoms.